The highest BCUT2D eigenvalue weighted by molar-refractivity contribution is 6.04. The van der Waals surface area contributed by atoms with E-state index in [-0.39, 0.29) is 0 Å². The van der Waals surface area contributed by atoms with Crippen LogP contribution in [0.1, 0.15) is 110 Å². The van der Waals surface area contributed by atoms with Crippen molar-refractivity contribution in [2.45, 2.75) is 90.9 Å². The maximum atomic E-state index is 12.4. The zero-order valence-electron chi connectivity index (χ0n) is 18.3. The minimum atomic E-state index is -0.472. The lowest BCUT2D eigenvalue weighted by Crippen LogP contribution is -2.16. The summed E-state index contributed by atoms with van der Waals surface area (Å²) in [5.41, 5.74) is 2.73. The average molecular weight is 391 g/mol. The van der Waals surface area contributed by atoms with Crippen LogP contribution in [0.2, 0.25) is 0 Å². The Labute approximate surface area is 171 Å². The van der Waals surface area contributed by atoms with Gasteiger partial charge in [0.25, 0.3) is 0 Å². The molecular weight excluding hydrogens is 352 g/mol. The first-order valence-electron chi connectivity index (χ1n) is 10.9. The van der Waals surface area contributed by atoms with Gasteiger partial charge in [0.15, 0.2) is 0 Å². The molecule has 0 aromatic heterocycles. The van der Waals surface area contributed by atoms with Crippen LogP contribution in [0.4, 0.5) is 0 Å². The monoisotopic (exact) mass is 390 g/mol. The van der Waals surface area contributed by atoms with Gasteiger partial charge in [-0.3, -0.25) is 0 Å². The van der Waals surface area contributed by atoms with Crippen molar-refractivity contribution >= 4 is 11.9 Å². The van der Waals surface area contributed by atoms with Crippen molar-refractivity contribution in [1.82, 2.24) is 0 Å². The number of unbranched alkanes of at least 4 members (excludes halogenated alkanes) is 8. The molecule has 0 aliphatic heterocycles. The molecule has 1 rings (SSSR count). The molecule has 0 amide bonds. The molecule has 0 saturated heterocycles. The zero-order valence-corrected chi connectivity index (χ0v) is 18.3. The first kappa shape index (κ1) is 24.2. The number of benzene rings is 1. The third-order valence-corrected chi connectivity index (χ3v) is 5.19. The van der Waals surface area contributed by atoms with Crippen molar-refractivity contribution in [3.05, 3.63) is 34.4 Å². The Kier molecular flexibility index (Phi) is 12.3. The van der Waals surface area contributed by atoms with E-state index in [1.54, 1.807) is 0 Å². The van der Waals surface area contributed by atoms with Crippen LogP contribution in [0.25, 0.3) is 0 Å². The number of hydrogen-bond acceptors (Lipinski definition) is 4. The van der Waals surface area contributed by atoms with E-state index < -0.39 is 11.9 Å². The molecule has 0 aliphatic carbocycles. The maximum Gasteiger partial charge on any atom is 0.339 e. The third kappa shape index (κ3) is 8.04. The fraction of sp³-hybridized carbons (Fsp3) is 0.667. The molecule has 0 saturated carbocycles. The van der Waals surface area contributed by atoms with Crippen LogP contribution in [0, 0.1) is 0 Å². The second-order valence-electron chi connectivity index (χ2n) is 7.49. The molecule has 0 spiro atoms. The van der Waals surface area contributed by atoms with Gasteiger partial charge < -0.3 is 9.47 Å². The summed E-state index contributed by atoms with van der Waals surface area (Å²) in [5.74, 6) is -0.932. The molecule has 4 heteroatoms. The van der Waals surface area contributed by atoms with Crippen LogP contribution in [0.3, 0.4) is 0 Å². The normalized spacial score (nSPS) is 10.7. The van der Waals surface area contributed by atoms with Crippen LogP contribution in [-0.4, -0.2) is 26.2 Å². The summed E-state index contributed by atoms with van der Waals surface area (Å²) in [5, 5.41) is 0. The van der Waals surface area contributed by atoms with Crippen molar-refractivity contribution in [3.8, 4) is 0 Å². The van der Waals surface area contributed by atoms with Crippen molar-refractivity contribution < 1.29 is 19.1 Å². The van der Waals surface area contributed by atoms with Gasteiger partial charge in [0, 0.05) is 0 Å². The van der Waals surface area contributed by atoms with Crippen LogP contribution >= 0.6 is 0 Å². The van der Waals surface area contributed by atoms with E-state index in [1.165, 1.54) is 59.2 Å². The zero-order chi connectivity index (χ0) is 20.8. The Morgan fingerprint density at radius 1 is 0.714 bits per heavy atom. The van der Waals surface area contributed by atoms with E-state index in [9.17, 15) is 9.59 Å². The average Bonchev–Trinajstić information content (AvgIpc) is 2.71. The Morgan fingerprint density at radius 3 is 1.79 bits per heavy atom. The summed E-state index contributed by atoms with van der Waals surface area (Å²) in [6.45, 7) is 4.41. The Bertz CT molecular complexity index is 607. The number of ether oxygens (including phenoxy) is 2. The van der Waals surface area contributed by atoms with E-state index in [4.69, 9.17) is 9.47 Å². The SMILES string of the molecule is CCCCCCCc1cc(CCCCCCC)c(C(=O)OC)c(C(=O)OC)c1. The van der Waals surface area contributed by atoms with E-state index in [0.717, 1.165) is 43.2 Å². The standard InChI is InChI=1S/C24H38O4/c1-5-7-9-11-13-15-19-17-20(16-14-12-10-8-6-2)22(24(26)28-4)21(18-19)23(25)27-3/h17-18H,5-16H2,1-4H3. The molecule has 0 radical (unpaired) electrons. The number of methoxy groups -OCH3 is 2. The lowest BCUT2D eigenvalue weighted by atomic mass is 9.92. The van der Waals surface area contributed by atoms with E-state index in [0.29, 0.717) is 11.1 Å². The number of rotatable bonds is 14. The number of hydrogen-bond donors (Lipinski definition) is 0. The highest BCUT2D eigenvalue weighted by Crippen LogP contribution is 2.24. The third-order valence-electron chi connectivity index (χ3n) is 5.19. The molecule has 0 aliphatic rings. The first-order chi connectivity index (χ1) is 13.6. The molecule has 4 nitrogen and oxygen atoms in total. The Morgan fingerprint density at radius 2 is 1.25 bits per heavy atom. The number of carbonyl (C=O) groups excluding carboxylic acids is 2. The van der Waals surface area contributed by atoms with Gasteiger partial charge >= 0.3 is 11.9 Å². The van der Waals surface area contributed by atoms with Gasteiger partial charge in [-0.05, 0) is 42.9 Å². The van der Waals surface area contributed by atoms with Crippen molar-refractivity contribution in [2.24, 2.45) is 0 Å². The molecule has 0 unspecified atom stereocenters. The Balaban J connectivity index is 3.05. The predicted molar refractivity (Wildman–Crippen MR) is 114 cm³/mol. The second kappa shape index (κ2) is 14.2. The van der Waals surface area contributed by atoms with Gasteiger partial charge in [-0.2, -0.15) is 0 Å². The van der Waals surface area contributed by atoms with E-state index in [2.05, 4.69) is 19.9 Å². The second-order valence-corrected chi connectivity index (χ2v) is 7.49. The molecule has 1 aromatic carbocycles. The van der Waals surface area contributed by atoms with Gasteiger partial charge in [-0.15, -0.1) is 0 Å². The minimum Gasteiger partial charge on any atom is -0.465 e. The highest BCUT2D eigenvalue weighted by atomic mass is 16.5. The molecule has 1 aromatic rings. The van der Waals surface area contributed by atoms with Crippen molar-refractivity contribution in [2.75, 3.05) is 14.2 Å². The van der Waals surface area contributed by atoms with Gasteiger partial charge in [-0.25, -0.2) is 9.59 Å². The summed E-state index contributed by atoms with van der Waals surface area (Å²) in [6.07, 6.45) is 13.5. The lowest BCUT2D eigenvalue weighted by molar-refractivity contribution is 0.0554. The van der Waals surface area contributed by atoms with Gasteiger partial charge in [0.2, 0.25) is 0 Å². The summed E-state index contributed by atoms with van der Waals surface area (Å²) in [4.78, 5) is 24.8. The van der Waals surface area contributed by atoms with Gasteiger partial charge in [0.1, 0.15) is 0 Å². The molecule has 0 bridgehead atoms. The number of esters is 2. The topological polar surface area (TPSA) is 52.6 Å². The van der Waals surface area contributed by atoms with Gasteiger partial charge in [0.05, 0.1) is 25.3 Å². The van der Waals surface area contributed by atoms with Crippen molar-refractivity contribution in [1.29, 1.82) is 0 Å². The van der Waals surface area contributed by atoms with Crippen LogP contribution < -0.4 is 0 Å². The van der Waals surface area contributed by atoms with Crippen LogP contribution in [0.5, 0.6) is 0 Å². The number of aryl methyl sites for hydroxylation is 2. The quantitative estimate of drug-likeness (QED) is 0.277. The largest absolute Gasteiger partial charge is 0.465 e. The fourth-order valence-electron chi connectivity index (χ4n) is 3.58. The van der Waals surface area contributed by atoms with Crippen LogP contribution in [0.15, 0.2) is 12.1 Å². The minimum absolute atomic E-state index is 0.337. The number of carbonyl (C=O) groups is 2. The molecule has 28 heavy (non-hydrogen) atoms. The fourth-order valence-corrected chi connectivity index (χ4v) is 3.58. The molecular formula is C24H38O4. The van der Waals surface area contributed by atoms with E-state index >= 15 is 0 Å². The van der Waals surface area contributed by atoms with Crippen molar-refractivity contribution in [3.63, 3.8) is 0 Å². The molecule has 0 atom stereocenters. The van der Waals surface area contributed by atoms with Crippen LogP contribution in [-0.2, 0) is 22.3 Å². The molecule has 0 N–H and O–H groups in total. The van der Waals surface area contributed by atoms with E-state index in [1.807, 2.05) is 6.07 Å². The summed E-state index contributed by atoms with van der Waals surface area (Å²) >= 11 is 0. The first-order valence-corrected chi connectivity index (χ1v) is 10.9. The molecule has 158 valence electrons. The summed E-state index contributed by atoms with van der Waals surface area (Å²) in [6, 6.07) is 3.91. The summed E-state index contributed by atoms with van der Waals surface area (Å²) < 4.78 is 9.93. The Hall–Kier alpha value is -1.84. The van der Waals surface area contributed by atoms with Gasteiger partial charge in [-0.1, -0.05) is 71.3 Å². The molecule has 0 fully saturated rings. The molecule has 0 heterocycles. The smallest absolute Gasteiger partial charge is 0.339 e. The highest BCUT2D eigenvalue weighted by Gasteiger charge is 2.23. The maximum absolute atomic E-state index is 12.4. The predicted octanol–water partition coefficient (Wildman–Crippen LogP) is 6.29. The lowest BCUT2D eigenvalue weighted by Gasteiger charge is -2.15. The summed E-state index contributed by atoms with van der Waals surface area (Å²) in [7, 11) is 2.71.